The maximum Gasteiger partial charge on any atom is 0.262 e. The number of carbonyl (C=O) groups is 2. The van der Waals surface area contributed by atoms with Gasteiger partial charge in [-0.2, -0.15) is 0 Å². The van der Waals surface area contributed by atoms with Gasteiger partial charge < -0.3 is 4.98 Å². The van der Waals surface area contributed by atoms with Gasteiger partial charge in [0.1, 0.15) is 0 Å². The van der Waals surface area contributed by atoms with Gasteiger partial charge >= 0.3 is 0 Å². The van der Waals surface area contributed by atoms with Crippen LogP contribution in [0.25, 0.3) is 21.8 Å². The van der Waals surface area contributed by atoms with Gasteiger partial charge in [-0.05, 0) is 35.9 Å². The Morgan fingerprint density at radius 2 is 1.65 bits per heavy atom. The van der Waals surface area contributed by atoms with Crippen LogP contribution in [0.4, 0.5) is 0 Å². The highest BCUT2D eigenvalue weighted by Gasteiger charge is 2.37. The van der Waals surface area contributed by atoms with Crippen LogP contribution in [0, 0.1) is 0 Å². The van der Waals surface area contributed by atoms with Crippen molar-refractivity contribution in [3.8, 4) is 0 Å². The minimum atomic E-state index is -0.264. The molecule has 0 fully saturated rings. The van der Waals surface area contributed by atoms with Crippen molar-refractivity contribution in [1.29, 1.82) is 0 Å². The van der Waals surface area contributed by atoms with Gasteiger partial charge in [0.05, 0.1) is 17.7 Å². The zero-order chi connectivity index (χ0) is 17.8. The molecule has 0 saturated carbocycles. The molecule has 1 aliphatic rings. The van der Waals surface area contributed by atoms with Crippen LogP contribution in [0.2, 0.25) is 5.02 Å². The van der Waals surface area contributed by atoms with Gasteiger partial charge in [0.15, 0.2) is 0 Å². The quantitative estimate of drug-likeness (QED) is 0.523. The van der Waals surface area contributed by atoms with Crippen molar-refractivity contribution in [2.75, 3.05) is 0 Å². The highest BCUT2D eigenvalue weighted by atomic mass is 35.5. The van der Waals surface area contributed by atoms with Crippen LogP contribution in [0.1, 0.15) is 26.3 Å². The molecule has 0 unspecified atom stereocenters. The van der Waals surface area contributed by atoms with E-state index in [-0.39, 0.29) is 18.4 Å². The van der Waals surface area contributed by atoms with Gasteiger partial charge in [0.25, 0.3) is 11.8 Å². The number of fused-ring (bicyclic) bond motifs is 5. The molecule has 0 radical (unpaired) electrons. The second-order valence-electron chi connectivity index (χ2n) is 6.41. The maximum atomic E-state index is 13.1. The zero-order valence-corrected chi connectivity index (χ0v) is 14.4. The number of amides is 2. The lowest BCUT2D eigenvalue weighted by atomic mass is 10.0. The highest BCUT2D eigenvalue weighted by molar-refractivity contribution is 6.33. The molecule has 5 rings (SSSR count). The first kappa shape index (κ1) is 15.2. The second kappa shape index (κ2) is 5.44. The fourth-order valence-corrected chi connectivity index (χ4v) is 3.82. The van der Waals surface area contributed by atoms with E-state index in [1.165, 1.54) is 4.90 Å². The van der Waals surface area contributed by atoms with Crippen molar-refractivity contribution in [3.05, 3.63) is 82.4 Å². The van der Waals surface area contributed by atoms with Crippen LogP contribution >= 0.6 is 11.6 Å². The monoisotopic (exact) mass is 360 g/mol. The lowest BCUT2D eigenvalue weighted by Gasteiger charge is -2.13. The van der Waals surface area contributed by atoms with Crippen LogP contribution in [-0.2, 0) is 6.54 Å². The lowest BCUT2D eigenvalue weighted by molar-refractivity contribution is 0.0643. The number of imide groups is 1. The summed E-state index contributed by atoms with van der Waals surface area (Å²) in [6.45, 7) is 0.262. The fourth-order valence-electron chi connectivity index (χ4n) is 3.65. The molecule has 0 spiro atoms. The fraction of sp³-hybridized carbons (Fsp3) is 0.0476. The Morgan fingerprint density at radius 3 is 2.46 bits per heavy atom. The van der Waals surface area contributed by atoms with E-state index in [4.69, 9.17) is 11.6 Å². The molecule has 4 aromatic rings. The molecule has 0 aliphatic carbocycles. The topological polar surface area (TPSA) is 53.2 Å². The van der Waals surface area contributed by atoms with Gasteiger partial charge in [0, 0.05) is 26.8 Å². The summed E-state index contributed by atoms with van der Waals surface area (Å²) in [6.07, 6.45) is 0. The van der Waals surface area contributed by atoms with E-state index < -0.39 is 0 Å². The van der Waals surface area contributed by atoms with E-state index in [9.17, 15) is 9.59 Å². The lowest BCUT2D eigenvalue weighted by Crippen LogP contribution is -2.29. The number of rotatable bonds is 2. The van der Waals surface area contributed by atoms with Gasteiger partial charge in [-0.1, -0.05) is 41.9 Å². The van der Waals surface area contributed by atoms with Crippen molar-refractivity contribution >= 4 is 45.2 Å². The Morgan fingerprint density at radius 1 is 0.885 bits per heavy atom. The smallest absolute Gasteiger partial charge is 0.262 e. The predicted molar refractivity (Wildman–Crippen MR) is 101 cm³/mol. The third kappa shape index (κ3) is 2.09. The first-order valence-electron chi connectivity index (χ1n) is 8.27. The molecule has 0 atom stereocenters. The minimum absolute atomic E-state index is 0.257. The van der Waals surface area contributed by atoms with E-state index in [0.717, 1.165) is 27.4 Å². The van der Waals surface area contributed by atoms with Crippen molar-refractivity contribution in [1.82, 2.24) is 9.88 Å². The number of halogens is 1. The third-order valence-electron chi connectivity index (χ3n) is 4.84. The van der Waals surface area contributed by atoms with Crippen LogP contribution in [0.5, 0.6) is 0 Å². The third-order valence-corrected chi connectivity index (χ3v) is 5.08. The molecular weight excluding hydrogens is 348 g/mol. The molecule has 126 valence electrons. The number of aromatic amines is 1. The van der Waals surface area contributed by atoms with Crippen LogP contribution in [0.3, 0.4) is 0 Å². The number of carbonyl (C=O) groups excluding carboxylic acids is 2. The minimum Gasteiger partial charge on any atom is -0.354 e. The number of nitrogens with one attached hydrogen (secondary N) is 1. The summed E-state index contributed by atoms with van der Waals surface area (Å²) in [5.41, 5.74) is 3.53. The molecule has 5 heteroatoms. The first-order valence-corrected chi connectivity index (χ1v) is 8.65. The standard InChI is InChI=1S/C21H13ClN2O2/c22-13-6-8-16-15(10-13)18-17(23-16)9-7-14-19(18)21(26)24(20(14)25)11-12-4-2-1-3-5-12/h1-10,23H,11H2. The van der Waals surface area contributed by atoms with Gasteiger partial charge in [-0.3, -0.25) is 14.5 Å². The van der Waals surface area contributed by atoms with E-state index in [2.05, 4.69) is 4.98 Å². The maximum absolute atomic E-state index is 13.1. The molecule has 4 nitrogen and oxygen atoms in total. The molecule has 1 N–H and O–H groups in total. The molecule has 0 saturated heterocycles. The van der Waals surface area contributed by atoms with Crippen molar-refractivity contribution in [3.63, 3.8) is 0 Å². The summed E-state index contributed by atoms with van der Waals surface area (Å²) in [4.78, 5) is 30.6. The number of nitrogens with zero attached hydrogens (tertiary/aromatic N) is 1. The first-order chi connectivity index (χ1) is 12.6. The highest BCUT2D eigenvalue weighted by Crippen LogP contribution is 2.36. The zero-order valence-electron chi connectivity index (χ0n) is 13.6. The number of hydrogen-bond acceptors (Lipinski definition) is 2. The Kier molecular flexibility index (Phi) is 3.18. The number of hydrogen-bond donors (Lipinski definition) is 1. The molecule has 3 aromatic carbocycles. The van der Waals surface area contributed by atoms with Gasteiger partial charge in [-0.15, -0.1) is 0 Å². The molecular formula is C21H13ClN2O2. The normalized spacial score (nSPS) is 13.8. The number of benzene rings is 3. The van der Waals surface area contributed by atoms with Crippen LogP contribution in [0.15, 0.2) is 60.7 Å². The second-order valence-corrected chi connectivity index (χ2v) is 6.84. The summed E-state index contributed by atoms with van der Waals surface area (Å²) in [6, 6.07) is 18.6. The molecule has 26 heavy (non-hydrogen) atoms. The van der Waals surface area contributed by atoms with Crippen molar-refractivity contribution in [2.24, 2.45) is 0 Å². The van der Waals surface area contributed by atoms with Crippen LogP contribution < -0.4 is 0 Å². The predicted octanol–water partition coefficient (Wildman–Crippen LogP) is 4.77. The van der Waals surface area contributed by atoms with Gasteiger partial charge in [-0.25, -0.2) is 0 Å². The molecule has 0 bridgehead atoms. The summed E-state index contributed by atoms with van der Waals surface area (Å²) < 4.78 is 0. The Hall–Kier alpha value is -3.11. The van der Waals surface area contributed by atoms with Gasteiger partial charge in [0.2, 0.25) is 0 Å². The Labute approximate surface area is 154 Å². The SMILES string of the molecule is O=C1c2ccc3[nH]c4ccc(Cl)cc4c3c2C(=O)N1Cc1ccccc1. The molecule has 2 heterocycles. The summed E-state index contributed by atoms with van der Waals surface area (Å²) in [5, 5.41) is 2.20. The van der Waals surface area contributed by atoms with Crippen LogP contribution in [-0.4, -0.2) is 21.7 Å². The molecule has 1 aliphatic heterocycles. The van der Waals surface area contributed by atoms with Crippen molar-refractivity contribution in [2.45, 2.75) is 6.54 Å². The number of H-pyrrole nitrogens is 1. The average molecular weight is 361 g/mol. The molecule has 1 aromatic heterocycles. The largest absolute Gasteiger partial charge is 0.354 e. The van der Waals surface area contributed by atoms with Crippen molar-refractivity contribution < 1.29 is 9.59 Å². The summed E-state index contributed by atoms with van der Waals surface area (Å²) >= 11 is 6.15. The summed E-state index contributed by atoms with van der Waals surface area (Å²) in [5.74, 6) is -0.521. The Balaban J connectivity index is 1.71. The van der Waals surface area contributed by atoms with E-state index in [1.807, 2.05) is 48.5 Å². The van der Waals surface area contributed by atoms with E-state index in [0.29, 0.717) is 16.1 Å². The van der Waals surface area contributed by atoms with E-state index >= 15 is 0 Å². The van der Waals surface area contributed by atoms with E-state index in [1.54, 1.807) is 12.1 Å². The molecule has 2 amide bonds. The summed E-state index contributed by atoms with van der Waals surface area (Å²) in [7, 11) is 0. The Bertz CT molecular complexity index is 1210. The average Bonchev–Trinajstić information content (AvgIpc) is 3.13. The number of aromatic nitrogens is 1.